The lowest BCUT2D eigenvalue weighted by Crippen LogP contribution is -2.41. The van der Waals surface area contributed by atoms with Gasteiger partial charge in [0.25, 0.3) is 0 Å². The van der Waals surface area contributed by atoms with Crippen LogP contribution in [0.2, 0.25) is 0 Å². The number of methoxy groups -OCH3 is 1. The van der Waals surface area contributed by atoms with Crippen molar-refractivity contribution in [2.75, 3.05) is 26.9 Å². The maximum absolute atomic E-state index is 7.08. The van der Waals surface area contributed by atoms with Gasteiger partial charge in [0.05, 0.1) is 19.1 Å². The summed E-state index contributed by atoms with van der Waals surface area (Å²) in [4.78, 5) is 0. The number of ether oxygens (including phenoxy) is 3. The van der Waals surface area contributed by atoms with Crippen LogP contribution in [-0.2, 0) is 14.2 Å². The van der Waals surface area contributed by atoms with Gasteiger partial charge in [0.2, 0.25) is 0 Å². The highest BCUT2D eigenvalue weighted by molar-refractivity contribution is 4.87. The Morgan fingerprint density at radius 2 is 1.71 bits per heavy atom. The zero-order chi connectivity index (χ0) is 10.9. The van der Waals surface area contributed by atoms with E-state index in [0.29, 0.717) is 0 Å². The molecule has 0 saturated carbocycles. The molecule has 0 spiro atoms. The summed E-state index contributed by atoms with van der Waals surface area (Å²) in [5.74, 6) is 0. The van der Waals surface area contributed by atoms with E-state index in [4.69, 9.17) is 19.7 Å². The van der Waals surface area contributed by atoms with E-state index in [1.165, 1.54) is 19.6 Å². The number of rotatable bonds is 9. The smallest absolute Gasteiger partial charge is 0.172 e. The second-order valence-electron chi connectivity index (χ2n) is 2.72. The van der Waals surface area contributed by atoms with Gasteiger partial charge in [-0.3, -0.25) is 0 Å². The van der Waals surface area contributed by atoms with Crippen molar-refractivity contribution < 1.29 is 14.2 Å². The molecule has 0 aromatic rings. The Bertz CT molecular complexity index is 182. The van der Waals surface area contributed by atoms with E-state index < -0.39 is 5.54 Å². The SMILES string of the molecule is C=COCC(COC)(COC=C)N=N. The van der Waals surface area contributed by atoms with Crippen LogP contribution in [0.4, 0.5) is 0 Å². The molecule has 0 atom stereocenters. The molecule has 0 rings (SSSR count). The lowest BCUT2D eigenvalue weighted by molar-refractivity contribution is 0.0325. The molecule has 0 saturated heterocycles. The van der Waals surface area contributed by atoms with Crippen molar-refractivity contribution in [2.45, 2.75) is 5.54 Å². The molecule has 14 heavy (non-hydrogen) atoms. The first-order chi connectivity index (χ1) is 6.74. The Morgan fingerprint density at radius 1 is 1.21 bits per heavy atom. The van der Waals surface area contributed by atoms with Crippen LogP contribution in [0.3, 0.4) is 0 Å². The van der Waals surface area contributed by atoms with Crippen molar-refractivity contribution in [3.05, 3.63) is 25.7 Å². The van der Waals surface area contributed by atoms with Crippen molar-refractivity contribution in [1.29, 1.82) is 5.53 Å². The molecule has 0 aliphatic rings. The summed E-state index contributed by atoms with van der Waals surface area (Å²) in [7, 11) is 1.53. The minimum Gasteiger partial charge on any atom is -0.499 e. The summed E-state index contributed by atoms with van der Waals surface area (Å²) in [5, 5.41) is 3.46. The molecule has 80 valence electrons. The molecule has 0 aliphatic carbocycles. The molecule has 5 nitrogen and oxygen atoms in total. The normalized spacial score (nSPS) is 10.4. The molecule has 0 aromatic carbocycles. The minimum absolute atomic E-state index is 0.196. The fraction of sp³-hybridized carbons (Fsp3) is 0.556. The van der Waals surface area contributed by atoms with Crippen LogP contribution in [0.25, 0.3) is 0 Å². The Kier molecular flexibility index (Phi) is 6.39. The molecular weight excluding hydrogens is 184 g/mol. The summed E-state index contributed by atoms with van der Waals surface area (Å²) < 4.78 is 14.9. The Labute approximate surface area is 83.9 Å². The van der Waals surface area contributed by atoms with Crippen molar-refractivity contribution in [2.24, 2.45) is 5.11 Å². The fourth-order valence-electron chi connectivity index (χ4n) is 0.919. The number of hydrogen-bond donors (Lipinski definition) is 1. The van der Waals surface area contributed by atoms with Gasteiger partial charge in [0.15, 0.2) is 5.54 Å². The van der Waals surface area contributed by atoms with Gasteiger partial charge in [-0.1, -0.05) is 13.2 Å². The molecular formula is C9H16N2O3. The second kappa shape index (κ2) is 7.08. The van der Waals surface area contributed by atoms with Crippen molar-refractivity contribution in [3.8, 4) is 0 Å². The average Bonchev–Trinajstić information content (AvgIpc) is 2.22. The average molecular weight is 200 g/mol. The lowest BCUT2D eigenvalue weighted by Gasteiger charge is -2.25. The van der Waals surface area contributed by atoms with E-state index >= 15 is 0 Å². The molecule has 0 unspecified atom stereocenters. The van der Waals surface area contributed by atoms with Crippen molar-refractivity contribution >= 4 is 0 Å². The topological polar surface area (TPSA) is 63.9 Å². The van der Waals surface area contributed by atoms with Gasteiger partial charge < -0.3 is 14.2 Å². The van der Waals surface area contributed by atoms with Crippen molar-refractivity contribution in [3.63, 3.8) is 0 Å². The predicted molar refractivity (Wildman–Crippen MR) is 52.1 cm³/mol. The van der Waals surface area contributed by atoms with Crippen LogP contribution >= 0.6 is 0 Å². The Balaban J connectivity index is 4.31. The molecule has 0 amide bonds. The first kappa shape index (κ1) is 12.6. The van der Waals surface area contributed by atoms with Crippen molar-refractivity contribution in [1.82, 2.24) is 0 Å². The standard InChI is InChI=1S/C9H16N2O3/c1-4-13-7-9(11-10,6-12-3)8-14-5-2/h4-5,10H,1-2,6-8H2,3H3. The third-order valence-corrected chi connectivity index (χ3v) is 1.59. The van der Waals surface area contributed by atoms with Gasteiger partial charge in [0, 0.05) is 7.11 Å². The van der Waals surface area contributed by atoms with Crippen LogP contribution in [-0.4, -0.2) is 32.5 Å². The molecule has 0 radical (unpaired) electrons. The van der Waals surface area contributed by atoms with Gasteiger partial charge >= 0.3 is 0 Å². The molecule has 0 aliphatic heterocycles. The van der Waals surface area contributed by atoms with Gasteiger partial charge in [-0.05, 0) is 0 Å². The molecule has 1 N–H and O–H groups in total. The molecule has 0 fully saturated rings. The van der Waals surface area contributed by atoms with E-state index in [9.17, 15) is 0 Å². The van der Waals surface area contributed by atoms with E-state index in [-0.39, 0.29) is 19.8 Å². The van der Waals surface area contributed by atoms with Crippen LogP contribution in [0.1, 0.15) is 0 Å². The zero-order valence-electron chi connectivity index (χ0n) is 8.36. The first-order valence-electron chi connectivity index (χ1n) is 4.07. The van der Waals surface area contributed by atoms with Crippen LogP contribution < -0.4 is 0 Å². The maximum Gasteiger partial charge on any atom is 0.172 e. The highest BCUT2D eigenvalue weighted by Crippen LogP contribution is 2.13. The van der Waals surface area contributed by atoms with E-state index in [1.54, 1.807) is 0 Å². The summed E-state index contributed by atoms with van der Waals surface area (Å²) in [5.41, 5.74) is 6.26. The second-order valence-corrected chi connectivity index (χ2v) is 2.72. The molecule has 0 heterocycles. The Morgan fingerprint density at radius 3 is 2.00 bits per heavy atom. The van der Waals surface area contributed by atoms with Gasteiger partial charge in [-0.2, -0.15) is 5.11 Å². The highest BCUT2D eigenvalue weighted by Gasteiger charge is 2.31. The Hall–Kier alpha value is -1.36. The van der Waals surface area contributed by atoms with E-state index in [2.05, 4.69) is 18.3 Å². The third kappa shape index (κ3) is 4.04. The van der Waals surface area contributed by atoms with Gasteiger partial charge in [-0.25, -0.2) is 5.53 Å². The minimum atomic E-state index is -0.822. The van der Waals surface area contributed by atoms with Crippen LogP contribution in [0.15, 0.2) is 30.8 Å². The summed E-state index contributed by atoms with van der Waals surface area (Å²) in [6, 6.07) is 0. The van der Waals surface area contributed by atoms with Crippen LogP contribution in [0, 0.1) is 5.53 Å². The zero-order valence-corrected chi connectivity index (χ0v) is 8.36. The maximum atomic E-state index is 7.08. The molecule has 0 aromatic heterocycles. The predicted octanol–water partition coefficient (Wildman–Crippen LogP) is 1.72. The summed E-state index contributed by atoms with van der Waals surface area (Å²) in [6.45, 7) is 7.46. The lowest BCUT2D eigenvalue weighted by atomic mass is 10.1. The largest absolute Gasteiger partial charge is 0.499 e. The van der Waals surface area contributed by atoms with Gasteiger partial charge in [0.1, 0.15) is 13.2 Å². The first-order valence-corrected chi connectivity index (χ1v) is 4.07. The summed E-state index contributed by atoms with van der Waals surface area (Å²) in [6.07, 6.45) is 2.59. The number of nitrogens with one attached hydrogen (secondary N) is 1. The monoisotopic (exact) mass is 200 g/mol. The summed E-state index contributed by atoms with van der Waals surface area (Å²) >= 11 is 0. The molecule has 5 heteroatoms. The molecule has 0 bridgehead atoms. The van der Waals surface area contributed by atoms with E-state index in [1.807, 2.05) is 0 Å². The van der Waals surface area contributed by atoms with Gasteiger partial charge in [-0.15, -0.1) is 0 Å². The third-order valence-electron chi connectivity index (χ3n) is 1.59. The number of hydrogen-bond acceptors (Lipinski definition) is 5. The quantitative estimate of drug-likeness (QED) is 0.455. The highest BCUT2D eigenvalue weighted by atomic mass is 16.5. The van der Waals surface area contributed by atoms with E-state index in [0.717, 1.165) is 0 Å². The van der Waals surface area contributed by atoms with Crippen LogP contribution in [0.5, 0.6) is 0 Å². The fourth-order valence-corrected chi connectivity index (χ4v) is 0.919. The number of nitrogens with zero attached hydrogens (tertiary/aromatic N) is 1.